The fourth-order valence-electron chi connectivity index (χ4n) is 2.71. The van der Waals surface area contributed by atoms with E-state index in [-0.39, 0.29) is 11.9 Å². The molecule has 0 radical (unpaired) electrons. The molecule has 3 nitrogen and oxygen atoms in total. The second-order valence-corrected chi connectivity index (χ2v) is 5.47. The highest BCUT2D eigenvalue weighted by Crippen LogP contribution is 2.29. The molecule has 6 heteroatoms. The first-order valence-electron chi connectivity index (χ1n) is 7.00. The molecule has 1 aliphatic heterocycles. The van der Waals surface area contributed by atoms with Crippen molar-refractivity contribution in [2.45, 2.75) is 38.5 Å². The predicted octanol–water partition coefficient (Wildman–Crippen LogP) is 2.81. The van der Waals surface area contributed by atoms with Gasteiger partial charge in [0.25, 0.3) is 0 Å². The number of likely N-dealkylation sites (tertiary alicyclic amines) is 1. The molecule has 0 bridgehead atoms. The molecule has 0 aromatic heterocycles. The summed E-state index contributed by atoms with van der Waals surface area (Å²) in [5.41, 5.74) is 0.0312. The first kappa shape index (κ1) is 15.8. The van der Waals surface area contributed by atoms with Gasteiger partial charge in [-0.05, 0) is 31.0 Å². The fourth-order valence-corrected chi connectivity index (χ4v) is 2.71. The standard InChI is InChI=1S/C15H19F3N2O/c1-11(21)19-14-6-3-7-20(10-14)9-12-4-2-5-13(8-12)15(16,17)18/h2,4-5,8,14H,3,6-7,9-10H2,1H3,(H,19,21)/t14-/m1/s1. The van der Waals surface area contributed by atoms with E-state index < -0.39 is 11.7 Å². The molecule has 1 N–H and O–H groups in total. The SMILES string of the molecule is CC(=O)N[C@@H]1CCCN(Cc2cccc(C(F)(F)F)c2)C1. The van der Waals surface area contributed by atoms with Gasteiger partial charge in [-0.15, -0.1) is 0 Å². The molecule has 1 atom stereocenters. The number of carbonyl (C=O) groups excluding carboxylic acids is 1. The minimum absolute atomic E-state index is 0.0686. The van der Waals surface area contributed by atoms with Gasteiger partial charge >= 0.3 is 6.18 Å². The Labute approximate surface area is 122 Å². The van der Waals surface area contributed by atoms with E-state index in [1.165, 1.54) is 19.1 Å². The number of hydrogen-bond donors (Lipinski definition) is 1. The molecule has 1 saturated heterocycles. The average Bonchev–Trinajstić information content (AvgIpc) is 2.37. The van der Waals surface area contributed by atoms with Crippen molar-refractivity contribution in [2.75, 3.05) is 13.1 Å². The summed E-state index contributed by atoms with van der Waals surface area (Å²) in [6, 6.07) is 5.51. The summed E-state index contributed by atoms with van der Waals surface area (Å²) in [5.74, 6) is -0.0686. The van der Waals surface area contributed by atoms with Crippen LogP contribution in [0.1, 0.15) is 30.9 Å². The third-order valence-corrected chi connectivity index (χ3v) is 3.57. The molecule has 2 rings (SSSR count). The zero-order valence-electron chi connectivity index (χ0n) is 11.9. The molecule has 1 fully saturated rings. The maximum atomic E-state index is 12.7. The molecule has 1 amide bonds. The molecule has 0 unspecified atom stereocenters. The van der Waals surface area contributed by atoms with Crippen LogP contribution in [-0.2, 0) is 17.5 Å². The van der Waals surface area contributed by atoms with Gasteiger partial charge in [0.15, 0.2) is 0 Å². The van der Waals surface area contributed by atoms with Crippen LogP contribution in [0.5, 0.6) is 0 Å². The number of halogens is 3. The second kappa shape index (κ2) is 6.47. The quantitative estimate of drug-likeness (QED) is 0.931. The van der Waals surface area contributed by atoms with Gasteiger partial charge in [-0.3, -0.25) is 9.69 Å². The van der Waals surface area contributed by atoms with Crippen molar-refractivity contribution in [3.05, 3.63) is 35.4 Å². The number of benzene rings is 1. The maximum absolute atomic E-state index is 12.7. The van der Waals surface area contributed by atoms with E-state index in [2.05, 4.69) is 10.2 Å². The van der Waals surface area contributed by atoms with Crippen LogP contribution >= 0.6 is 0 Å². The van der Waals surface area contributed by atoms with E-state index in [0.717, 1.165) is 25.5 Å². The lowest BCUT2D eigenvalue weighted by Crippen LogP contribution is -2.46. The molecule has 116 valence electrons. The van der Waals surface area contributed by atoms with E-state index in [0.29, 0.717) is 18.7 Å². The Morgan fingerprint density at radius 1 is 1.43 bits per heavy atom. The number of amides is 1. The van der Waals surface area contributed by atoms with Gasteiger partial charge in [-0.1, -0.05) is 18.2 Å². The number of rotatable bonds is 3. The Bertz CT molecular complexity index is 502. The Morgan fingerprint density at radius 3 is 2.86 bits per heavy atom. The average molecular weight is 300 g/mol. The lowest BCUT2D eigenvalue weighted by Gasteiger charge is -2.33. The van der Waals surface area contributed by atoms with Gasteiger partial charge in [0, 0.05) is 26.1 Å². The molecule has 0 aliphatic carbocycles. The summed E-state index contributed by atoms with van der Waals surface area (Å²) in [6.45, 7) is 3.47. The maximum Gasteiger partial charge on any atom is 0.416 e. The molecule has 1 aliphatic rings. The second-order valence-electron chi connectivity index (χ2n) is 5.47. The summed E-state index contributed by atoms with van der Waals surface area (Å²) in [6.07, 6.45) is -2.46. The molecule has 1 aromatic rings. The third kappa shape index (κ3) is 4.74. The number of carbonyl (C=O) groups is 1. The Hall–Kier alpha value is -1.56. The molecule has 21 heavy (non-hydrogen) atoms. The highest BCUT2D eigenvalue weighted by Gasteiger charge is 2.30. The van der Waals surface area contributed by atoms with Crippen molar-refractivity contribution >= 4 is 5.91 Å². The molecule has 0 spiro atoms. The van der Waals surface area contributed by atoms with Crippen LogP contribution in [-0.4, -0.2) is 29.9 Å². The Morgan fingerprint density at radius 2 is 2.19 bits per heavy atom. The van der Waals surface area contributed by atoms with Crippen LogP contribution in [0, 0.1) is 0 Å². The van der Waals surface area contributed by atoms with Gasteiger partial charge in [-0.2, -0.15) is 13.2 Å². The van der Waals surface area contributed by atoms with Gasteiger partial charge in [0.2, 0.25) is 5.91 Å². The van der Waals surface area contributed by atoms with Gasteiger partial charge in [-0.25, -0.2) is 0 Å². The number of nitrogens with zero attached hydrogens (tertiary/aromatic N) is 1. The first-order chi connectivity index (χ1) is 9.84. The van der Waals surface area contributed by atoms with Crippen LogP contribution in [0.15, 0.2) is 24.3 Å². The minimum Gasteiger partial charge on any atom is -0.352 e. The topological polar surface area (TPSA) is 32.3 Å². The Kier molecular flexibility index (Phi) is 4.88. The summed E-state index contributed by atoms with van der Waals surface area (Å²) >= 11 is 0. The van der Waals surface area contributed by atoms with Gasteiger partial charge in [0.05, 0.1) is 5.56 Å². The summed E-state index contributed by atoms with van der Waals surface area (Å²) in [7, 11) is 0. The zero-order chi connectivity index (χ0) is 15.5. The summed E-state index contributed by atoms with van der Waals surface area (Å²) in [5, 5.41) is 2.87. The monoisotopic (exact) mass is 300 g/mol. The molecular formula is C15H19F3N2O. The van der Waals surface area contributed by atoms with Crippen molar-refractivity contribution in [1.82, 2.24) is 10.2 Å². The lowest BCUT2D eigenvalue weighted by atomic mass is 10.0. The summed E-state index contributed by atoms with van der Waals surface area (Å²) in [4.78, 5) is 13.2. The number of nitrogens with one attached hydrogen (secondary N) is 1. The summed E-state index contributed by atoms with van der Waals surface area (Å²) < 4.78 is 38.1. The van der Waals surface area contributed by atoms with E-state index in [1.807, 2.05) is 0 Å². The van der Waals surface area contributed by atoms with Crippen LogP contribution < -0.4 is 5.32 Å². The van der Waals surface area contributed by atoms with Gasteiger partial charge in [0.1, 0.15) is 0 Å². The van der Waals surface area contributed by atoms with E-state index >= 15 is 0 Å². The van der Waals surface area contributed by atoms with Crippen molar-refractivity contribution < 1.29 is 18.0 Å². The smallest absolute Gasteiger partial charge is 0.352 e. The lowest BCUT2D eigenvalue weighted by molar-refractivity contribution is -0.137. The van der Waals surface area contributed by atoms with Crippen LogP contribution in [0.3, 0.4) is 0 Å². The molecule has 1 heterocycles. The van der Waals surface area contributed by atoms with Crippen LogP contribution in [0.2, 0.25) is 0 Å². The number of alkyl halides is 3. The van der Waals surface area contributed by atoms with Crippen molar-refractivity contribution in [1.29, 1.82) is 0 Å². The number of hydrogen-bond acceptors (Lipinski definition) is 2. The van der Waals surface area contributed by atoms with Crippen molar-refractivity contribution in [2.24, 2.45) is 0 Å². The zero-order valence-corrected chi connectivity index (χ0v) is 11.9. The highest BCUT2D eigenvalue weighted by atomic mass is 19.4. The highest BCUT2D eigenvalue weighted by molar-refractivity contribution is 5.73. The minimum atomic E-state index is -4.31. The normalized spacial score (nSPS) is 20.3. The van der Waals surface area contributed by atoms with Crippen molar-refractivity contribution in [3.8, 4) is 0 Å². The van der Waals surface area contributed by atoms with Crippen molar-refractivity contribution in [3.63, 3.8) is 0 Å². The van der Waals surface area contributed by atoms with Crippen LogP contribution in [0.4, 0.5) is 13.2 Å². The first-order valence-corrected chi connectivity index (χ1v) is 7.00. The van der Waals surface area contributed by atoms with Crippen LogP contribution in [0.25, 0.3) is 0 Å². The fraction of sp³-hybridized carbons (Fsp3) is 0.533. The largest absolute Gasteiger partial charge is 0.416 e. The van der Waals surface area contributed by atoms with E-state index in [9.17, 15) is 18.0 Å². The number of piperidine rings is 1. The van der Waals surface area contributed by atoms with E-state index in [1.54, 1.807) is 6.07 Å². The predicted molar refractivity (Wildman–Crippen MR) is 73.6 cm³/mol. The third-order valence-electron chi connectivity index (χ3n) is 3.57. The van der Waals surface area contributed by atoms with E-state index in [4.69, 9.17) is 0 Å². The molecule has 0 saturated carbocycles. The molecule has 1 aromatic carbocycles. The molecular weight excluding hydrogens is 281 g/mol. The Balaban J connectivity index is 1.99. The van der Waals surface area contributed by atoms with Gasteiger partial charge < -0.3 is 5.32 Å².